The van der Waals surface area contributed by atoms with Crippen molar-refractivity contribution in [3.05, 3.63) is 52.5 Å². The summed E-state index contributed by atoms with van der Waals surface area (Å²) in [5.41, 5.74) is 1.69. The molecular weight excluding hydrogens is 302 g/mol. The molecule has 2 N–H and O–H groups in total. The summed E-state index contributed by atoms with van der Waals surface area (Å²) < 4.78 is 0. The van der Waals surface area contributed by atoms with Gasteiger partial charge in [-0.25, -0.2) is 4.98 Å². The van der Waals surface area contributed by atoms with Gasteiger partial charge in [-0.1, -0.05) is 24.3 Å². The second kappa shape index (κ2) is 6.23. The largest absolute Gasteiger partial charge is 0.356 e. The lowest BCUT2D eigenvalue weighted by Gasteiger charge is -2.18. The van der Waals surface area contributed by atoms with Gasteiger partial charge in [0, 0.05) is 19.4 Å². The Morgan fingerprint density at radius 2 is 2.12 bits per heavy atom. The number of nitrogens with zero attached hydrogens (tertiary/aromatic N) is 1. The molecule has 124 valence electrons. The van der Waals surface area contributed by atoms with E-state index >= 15 is 0 Å². The maximum Gasteiger partial charge on any atom is 0.270 e. The van der Waals surface area contributed by atoms with Crippen LogP contribution in [0.2, 0.25) is 0 Å². The van der Waals surface area contributed by atoms with E-state index in [0.29, 0.717) is 30.4 Å². The number of allylic oxidation sites excluding steroid dienone is 2. The molecular formula is C19H21N3O2. The lowest BCUT2D eigenvalue weighted by molar-refractivity contribution is -0.121. The van der Waals surface area contributed by atoms with Crippen LogP contribution in [0.15, 0.2) is 41.2 Å². The number of amides is 1. The van der Waals surface area contributed by atoms with Gasteiger partial charge in [0.15, 0.2) is 0 Å². The van der Waals surface area contributed by atoms with E-state index in [0.717, 1.165) is 23.5 Å². The number of aromatic amines is 1. The average molecular weight is 323 g/mol. The first-order valence-corrected chi connectivity index (χ1v) is 8.62. The minimum absolute atomic E-state index is 0.00360. The second-order valence-corrected chi connectivity index (χ2v) is 6.87. The van der Waals surface area contributed by atoms with Crippen LogP contribution in [0, 0.1) is 17.8 Å². The van der Waals surface area contributed by atoms with Crippen LogP contribution in [0.5, 0.6) is 0 Å². The minimum atomic E-state index is -0.209. The number of hydrogen-bond donors (Lipinski definition) is 2. The smallest absolute Gasteiger partial charge is 0.270 e. The Labute approximate surface area is 140 Å². The van der Waals surface area contributed by atoms with E-state index in [2.05, 4.69) is 27.4 Å². The highest BCUT2D eigenvalue weighted by Crippen LogP contribution is 2.42. The van der Waals surface area contributed by atoms with Crippen molar-refractivity contribution < 1.29 is 4.79 Å². The highest BCUT2D eigenvalue weighted by atomic mass is 16.1. The molecule has 5 nitrogen and oxygen atoms in total. The fraction of sp³-hybridized carbons (Fsp3) is 0.421. The van der Waals surface area contributed by atoms with Crippen molar-refractivity contribution in [2.75, 3.05) is 6.54 Å². The predicted octanol–water partition coefficient (Wildman–Crippen LogP) is 2.18. The van der Waals surface area contributed by atoms with Gasteiger partial charge in [-0.05, 0) is 42.7 Å². The molecule has 24 heavy (non-hydrogen) atoms. The van der Waals surface area contributed by atoms with Crippen LogP contribution in [-0.2, 0) is 11.2 Å². The molecule has 1 amide bonds. The summed E-state index contributed by atoms with van der Waals surface area (Å²) in [7, 11) is 0. The lowest BCUT2D eigenvalue weighted by Crippen LogP contribution is -2.31. The maximum atomic E-state index is 12.1. The van der Waals surface area contributed by atoms with Gasteiger partial charge in [0.05, 0.1) is 11.0 Å². The van der Waals surface area contributed by atoms with Crippen LogP contribution in [0.3, 0.4) is 0 Å². The lowest BCUT2D eigenvalue weighted by atomic mass is 9.93. The monoisotopic (exact) mass is 323 g/mol. The summed E-state index contributed by atoms with van der Waals surface area (Å²) in [4.78, 5) is 31.3. The summed E-state index contributed by atoms with van der Waals surface area (Å²) in [6.07, 6.45) is 7.70. The number of fused-ring (bicyclic) bond motifs is 3. The Hall–Kier alpha value is -2.43. The molecule has 0 spiro atoms. The molecule has 5 heteroatoms. The Morgan fingerprint density at radius 3 is 2.92 bits per heavy atom. The molecule has 2 aromatic rings. The van der Waals surface area contributed by atoms with Gasteiger partial charge >= 0.3 is 0 Å². The van der Waals surface area contributed by atoms with Crippen LogP contribution in [-0.4, -0.2) is 22.4 Å². The highest BCUT2D eigenvalue weighted by molar-refractivity contribution is 5.76. The first-order chi connectivity index (χ1) is 11.7. The highest BCUT2D eigenvalue weighted by Gasteiger charge is 2.35. The number of nitrogens with one attached hydrogen (secondary N) is 2. The Balaban J connectivity index is 1.33. The molecule has 2 aliphatic rings. The number of carbonyl (C=O) groups excluding carboxylic acids is 1. The molecule has 4 rings (SSSR count). The van der Waals surface area contributed by atoms with Crippen molar-refractivity contribution in [1.82, 2.24) is 15.3 Å². The van der Waals surface area contributed by atoms with Crippen LogP contribution in [0.1, 0.15) is 25.0 Å². The normalized spacial score (nSPS) is 24.6. The molecule has 3 atom stereocenters. The summed E-state index contributed by atoms with van der Waals surface area (Å²) in [6, 6.07) is 7.42. The van der Waals surface area contributed by atoms with Gasteiger partial charge in [-0.15, -0.1) is 0 Å². The molecule has 0 radical (unpaired) electrons. The number of rotatable bonds is 5. The molecule has 1 fully saturated rings. The van der Waals surface area contributed by atoms with Gasteiger partial charge in [-0.3, -0.25) is 9.59 Å². The fourth-order valence-corrected chi connectivity index (χ4v) is 3.93. The number of H-pyrrole nitrogens is 1. The Bertz CT molecular complexity index is 855. The standard InChI is InChI=1S/C19H21N3O2/c23-18(20-11-14-10-12-5-6-13(14)9-12)8-7-17-19(24)22-16-4-2-1-3-15(16)21-17/h1-6,12-14H,7-11H2,(H,20,23)(H,22,24)/t12-,13+,14-/m1/s1. The summed E-state index contributed by atoms with van der Waals surface area (Å²) >= 11 is 0. The van der Waals surface area contributed by atoms with Gasteiger partial charge in [-0.2, -0.15) is 0 Å². The van der Waals surface area contributed by atoms with E-state index in [1.54, 1.807) is 0 Å². The molecule has 0 saturated heterocycles. The predicted molar refractivity (Wildman–Crippen MR) is 92.5 cm³/mol. The Kier molecular flexibility index (Phi) is 3.92. The zero-order chi connectivity index (χ0) is 16.5. The van der Waals surface area contributed by atoms with Crippen LogP contribution >= 0.6 is 0 Å². The summed E-state index contributed by atoms with van der Waals surface area (Å²) in [5.74, 6) is 1.93. The minimum Gasteiger partial charge on any atom is -0.356 e. The first kappa shape index (κ1) is 15.1. The van der Waals surface area contributed by atoms with Crippen molar-refractivity contribution in [1.29, 1.82) is 0 Å². The molecule has 1 aromatic carbocycles. The quantitative estimate of drug-likeness (QED) is 0.828. The van der Waals surface area contributed by atoms with E-state index in [4.69, 9.17) is 0 Å². The number of carbonyl (C=O) groups is 1. The number of benzene rings is 1. The van der Waals surface area contributed by atoms with Crippen molar-refractivity contribution in [2.24, 2.45) is 17.8 Å². The third-order valence-electron chi connectivity index (χ3n) is 5.24. The van der Waals surface area contributed by atoms with Crippen LogP contribution < -0.4 is 10.9 Å². The zero-order valence-electron chi connectivity index (χ0n) is 13.5. The topological polar surface area (TPSA) is 74.8 Å². The molecule has 0 unspecified atom stereocenters. The molecule has 2 bridgehead atoms. The van der Waals surface area contributed by atoms with Crippen molar-refractivity contribution >= 4 is 16.9 Å². The molecule has 1 saturated carbocycles. The SMILES string of the molecule is O=C(CCc1nc2ccccc2[nH]c1=O)NC[C@H]1C[C@@H]2C=C[C@H]1C2. The van der Waals surface area contributed by atoms with E-state index in [1.165, 1.54) is 12.8 Å². The van der Waals surface area contributed by atoms with Gasteiger partial charge in [0.25, 0.3) is 5.56 Å². The van der Waals surface area contributed by atoms with E-state index in [1.807, 2.05) is 24.3 Å². The van der Waals surface area contributed by atoms with Crippen molar-refractivity contribution in [3.8, 4) is 0 Å². The molecule has 2 aliphatic carbocycles. The Morgan fingerprint density at radius 1 is 1.25 bits per heavy atom. The third-order valence-corrected chi connectivity index (χ3v) is 5.24. The average Bonchev–Trinajstić information content (AvgIpc) is 3.21. The second-order valence-electron chi connectivity index (χ2n) is 6.87. The summed E-state index contributed by atoms with van der Waals surface area (Å²) in [6.45, 7) is 0.742. The number of para-hydroxylation sites is 2. The number of aromatic nitrogens is 2. The molecule has 1 aromatic heterocycles. The van der Waals surface area contributed by atoms with Crippen molar-refractivity contribution in [3.63, 3.8) is 0 Å². The van der Waals surface area contributed by atoms with Gasteiger partial charge < -0.3 is 10.3 Å². The van der Waals surface area contributed by atoms with E-state index in [9.17, 15) is 9.59 Å². The maximum absolute atomic E-state index is 12.1. The third kappa shape index (κ3) is 2.98. The number of hydrogen-bond acceptors (Lipinski definition) is 3. The zero-order valence-corrected chi connectivity index (χ0v) is 13.5. The number of aryl methyl sites for hydroxylation is 1. The van der Waals surface area contributed by atoms with E-state index in [-0.39, 0.29) is 11.5 Å². The van der Waals surface area contributed by atoms with E-state index < -0.39 is 0 Å². The van der Waals surface area contributed by atoms with Gasteiger partial charge in [0.2, 0.25) is 5.91 Å². The van der Waals surface area contributed by atoms with Crippen LogP contribution in [0.4, 0.5) is 0 Å². The van der Waals surface area contributed by atoms with Crippen LogP contribution in [0.25, 0.3) is 11.0 Å². The molecule has 0 aliphatic heterocycles. The van der Waals surface area contributed by atoms with Gasteiger partial charge in [0.1, 0.15) is 5.69 Å². The molecule has 1 heterocycles. The van der Waals surface area contributed by atoms with Crippen molar-refractivity contribution in [2.45, 2.75) is 25.7 Å². The fourth-order valence-electron chi connectivity index (χ4n) is 3.93. The summed E-state index contributed by atoms with van der Waals surface area (Å²) in [5, 5.41) is 3.02. The first-order valence-electron chi connectivity index (χ1n) is 8.62.